The van der Waals surface area contributed by atoms with Crippen LogP contribution in [0.4, 0.5) is 5.95 Å². The topological polar surface area (TPSA) is 79.4 Å². The SMILES string of the molecule is COc1ccccc1CNc1nc(C)cc(C(=O)NCCN(C)C)n1. The van der Waals surface area contributed by atoms with Crippen molar-refractivity contribution < 1.29 is 9.53 Å². The minimum Gasteiger partial charge on any atom is -0.496 e. The summed E-state index contributed by atoms with van der Waals surface area (Å²) in [4.78, 5) is 22.9. The number of nitrogens with zero attached hydrogens (tertiary/aromatic N) is 3. The third-order valence-electron chi connectivity index (χ3n) is 3.56. The van der Waals surface area contributed by atoms with E-state index in [1.165, 1.54) is 0 Å². The summed E-state index contributed by atoms with van der Waals surface area (Å²) in [5.41, 5.74) is 2.08. The minimum atomic E-state index is -0.201. The Kier molecular flexibility index (Phi) is 6.71. The summed E-state index contributed by atoms with van der Waals surface area (Å²) in [6.45, 7) is 3.69. The fraction of sp³-hybridized carbons (Fsp3) is 0.389. The van der Waals surface area contributed by atoms with E-state index in [0.29, 0.717) is 24.7 Å². The van der Waals surface area contributed by atoms with Crippen molar-refractivity contribution in [3.8, 4) is 5.75 Å². The maximum Gasteiger partial charge on any atom is 0.270 e. The maximum atomic E-state index is 12.2. The van der Waals surface area contributed by atoms with Gasteiger partial charge in [0, 0.05) is 30.9 Å². The number of carbonyl (C=O) groups is 1. The van der Waals surface area contributed by atoms with Crippen molar-refractivity contribution in [2.24, 2.45) is 0 Å². The maximum absolute atomic E-state index is 12.2. The molecule has 2 aromatic rings. The number of carbonyl (C=O) groups excluding carboxylic acids is 1. The Bertz CT molecular complexity index is 718. The van der Waals surface area contributed by atoms with Crippen LogP contribution in [0.1, 0.15) is 21.7 Å². The Morgan fingerprint density at radius 2 is 2.00 bits per heavy atom. The Labute approximate surface area is 148 Å². The molecule has 0 spiro atoms. The fourth-order valence-corrected chi connectivity index (χ4v) is 2.27. The molecule has 25 heavy (non-hydrogen) atoms. The standard InChI is InChI=1S/C18H25N5O2/c1-13-11-15(17(24)19-9-10-23(2)3)22-18(21-13)20-12-14-7-5-6-8-16(14)25-4/h5-8,11H,9-10,12H2,1-4H3,(H,19,24)(H,20,21,22). The van der Waals surface area contributed by atoms with Gasteiger partial charge in [0.05, 0.1) is 7.11 Å². The second-order valence-electron chi connectivity index (χ2n) is 5.94. The van der Waals surface area contributed by atoms with Crippen molar-refractivity contribution in [1.29, 1.82) is 0 Å². The van der Waals surface area contributed by atoms with E-state index in [9.17, 15) is 4.79 Å². The van der Waals surface area contributed by atoms with Gasteiger partial charge in [-0.3, -0.25) is 4.79 Å². The molecule has 1 heterocycles. The number of benzene rings is 1. The number of ether oxygens (including phenoxy) is 1. The van der Waals surface area contributed by atoms with E-state index in [1.54, 1.807) is 13.2 Å². The van der Waals surface area contributed by atoms with Gasteiger partial charge in [-0.1, -0.05) is 18.2 Å². The molecule has 0 atom stereocenters. The predicted octanol–water partition coefficient (Wildman–Crippen LogP) is 1.70. The summed E-state index contributed by atoms with van der Waals surface area (Å²) >= 11 is 0. The van der Waals surface area contributed by atoms with Crippen LogP contribution in [0, 0.1) is 6.92 Å². The molecule has 0 fully saturated rings. The largest absolute Gasteiger partial charge is 0.496 e. The first-order valence-electron chi connectivity index (χ1n) is 8.14. The number of anilines is 1. The van der Waals surface area contributed by atoms with E-state index in [2.05, 4.69) is 20.6 Å². The summed E-state index contributed by atoms with van der Waals surface area (Å²) in [5.74, 6) is 1.01. The lowest BCUT2D eigenvalue weighted by Crippen LogP contribution is -2.32. The van der Waals surface area contributed by atoms with Crippen LogP contribution in [0.2, 0.25) is 0 Å². The second-order valence-corrected chi connectivity index (χ2v) is 5.94. The number of rotatable bonds is 8. The molecular weight excluding hydrogens is 318 g/mol. The van der Waals surface area contributed by atoms with E-state index < -0.39 is 0 Å². The zero-order chi connectivity index (χ0) is 18.2. The van der Waals surface area contributed by atoms with Crippen LogP contribution >= 0.6 is 0 Å². The van der Waals surface area contributed by atoms with E-state index in [0.717, 1.165) is 23.6 Å². The predicted molar refractivity (Wildman–Crippen MR) is 98.0 cm³/mol. The van der Waals surface area contributed by atoms with Gasteiger partial charge in [0.15, 0.2) is 0 Å². The van der Waals surface area contributed by atoms with Crippen molar-refractivity contribution in [3.63, 3.8) is 0 Å². The molecule has 0 aliphatic rings. The van der Waals surface area contributed by atoms with Gasteiger partial charge in [-0.2, -0.15) is 0 Å². The van der Waals surface area contributed by atoms with Gasteiger partial charge in [0.25, 0.3) is 5.91 Å². The van der Waals surface area contributed by atoms with Gasteiger partial charge >= 0.3 is 0 Å². The molecule has 1 aromatic carbocycles. The summed E-state index contributed by atoms with van der Waals surface area (Å²) in [5, 5.41) is 6.01. The normalized spacial score (nSPS) is 10.6. The summed E-state index contributed by atoms with van der Waals surface area (Å²) in [7, 11) is 5.56. The summed E-state index contributed by atoms with van der Waals surface area (Å²) < 4.78 is 5.33. The fourth-order valence-electron chi connectivity index (χ4n) is 2.27. The molecule has 0 saturated carbocycles. The number of aromatic nitrogens is 2. The molecule has 0 saturated heterocycles. The summed E-state index contributed by atoms with van der Waals surface area (Å²) in [6, 6.07) is 9.41. The number of likely N-dealkylation sites (N-methyl/N-ethyl adjacent to an activating group) is 1. The first-order chi connectivity index (χ1) is 12.0. The Morgan fingerprint density at radius 3 is 2.72 bits per heavy atom. The highest BCUT2D eigenvalue weighted by Gasteiger charge is 2.11. The molecule has 0 aliphatic heterocycles. The molecular formula is C18H25N5O2. The number of amides is 1. The average molecular weight is 343 g/mol. The van der Waals surface area contributed by atoms with Crippen LogP contribution in [-0.2, 0) is 6.54 Å². The smallest absolute Gasteiger partial charge is 0.270 e. The third kappa shape index (κ3) is 5.72. The zero-order valence-corrected chi connectivity index (χ0v) is 15.2. The monoisotopic (exact) mass is 343 g/mol. The van der Waals surface area contributed by atoms with Gasteiger partial charge in [-0.05, 0) is 33.2 Å². The first kappa shape index (κ1) is 18.7. The zero-order valence-electron chi connectivity index (χ0n) is 15.2. The third-order valence-corrected chi connectivity index (χ3v) is 3.56. The van der Waals surface area contributed by atoms with Crippen LogP contribution in [0.15, 0.2) is 30.3 Å². The molecule has 0 aliphatic carbocycles. The van der Waals surface area contributed by atoms with E-state index in [4.69, 9.17) is 4.74 Å². The lowest BCUT2D eigenvalue weighted by atomic mass is 10.2. The molecule has 134 valence electrons. The van der Waals surface area contributed by atoms with E-state index >= 15 is 0 Å². The molecule has 0 unspecified atom stereocenters. The Balaban J connectivity index is 2.04. The summed E-state index contributed by atoms with van der Waals surface area (Å²) in [6.07, 6.45) is 0. The number of nitrogens with one attached hydrogen (secondary N) is 2. The molecule has 2 rings (SSSR count). The molecule has 0 bridgehead atoms. The number of para-hydroxylation sites is 1. The Morgan fingerprint density at radius 1 is 1.24 bits per heavy atom. The highest BCUT2D eigenvalue weighted by atomic mass is 16.5. The van der Waals surface area contributed by atoms with E-state index in [-0.39, 0.29) is 5.91 Å². The van der Waals surface area contributed by atoms with Gasteiger partial charge < -0.3 is 20.3 Å². The van der Waals surface area contributed by atoms with Crippen LogP contribution in [-0.4, -0.2) is 55.1 Å². The van der Waals surface area contributed by atoms with Crippen LogP contribution < -0.4 is 15.4 Å². The van der Waals surface area contributed by atoms with Crippen LogP contribution in [0.25, 0.3) is 0 Å². The first-order valence-corrected chi connectivity index (χ1v) is 8.14. The number of hydrogen-bond donors (Lipinski definition) is 2. The number of methoxy groups -OCH3 is 1. The van der Waals surface area contributed by atoms with Gasteiger partial charge in [-0.25, -0.2) is 9.97 Å². The average Bonchev–Trinajstić information content (AvgIpc) is 2.59. The number of hydrogen-bond acceptors (Lipinski definition) is 6. The quantitative estimate of drug-likeness (QED) is 0.759. The molecule has 0 radical (unpaired) electrons. The van der Waals surface area contributed by atoms with E-state index in [1.807, 2.05) is 50.2 Å². The molecule has 1 amide bonds. The van der Waals surface area contributed by atoms with Crippen molar-refractivity contribution in [1.82, 2.24) is 20.2 Å². The molecule has 7 nitrogen and oxygen atoms in total. The van der Waals surface area contributed by atoms with Gasteiger partial charge in [-0.15, -0.1) is 0 Å². The van der Waals surface area contributed by atoms with Crippen molar-refractivity contribution in [2.45, 2.75) is 13.5 Å². The van der Waals surface area contributed by atoms with Crippen LogP contribution in [0.3, 0.4) is 0 Å². The minimum absolute atomic E-state index is 0.201. The lowest BCUT2D eigenvalue weighted by Gasteiger charge is -2.12. The van der Waals surface area contributed by atoms with Gasteiger partial charge in [0.2, 0.25) is 5.95 Å². The van der Waals surface area contributed by atoms with Crippen molar-refractivity contribution in [2.75, 3.05) is 39.6 Å². The molecule has 2 N–H and O–H groups in total. The Hall–Kier alpha value is -2.67. The van der Waals surface area contributed by atoms with Crippen LogP contribution in [0.5, 0.6) is 5.75 Å². The second kappa shape index (κ2) is 8.98. The number of aryl methyl sites for hydroxylation is 1. The molecule has 7 heteroatoms. The molecule has 1 aromatic heterocycles. The highest BCUT2D eigenvalue weighted by molar-refractivity contribution is 5.92. The lowest BCUT2D eigenvalue weighted by molar-refractivity contribution is 0.0946. The van der Waals surface area contributed by atoms with Crippen molar-refractivity contribution in [3.05, 3.63) is 47.3 Å². The van der Waals surface area contributed by atoms with Crippen molar-refractivity contribution >= 4 is 11.9 Å². The highest BCUT2D eigenvalue weighted by Crippen LogP contribution is 2.18. The van der Waals surface area contributed by atoms with Gasteiger partial charge in [0.1, 0.15) is 11.4 Å².